The van der Waals surface area contributed by atoms with Crippen molar-refractivity contribution in [2.45, 2.75) is 26.3 Å². The van der Waals surface area contributed by atoms with Crippen LogP contribution in [0.25, 0.3) is 0 Å². The third kappa shape index (κ3) is 3.74. The molecule has 17 heavy (non-hydrogen) atoms. The molecule has 0 unspecified atom stereocenters. The van der Waals surface area contributed by atoms with E-state index in [0.717, 1.165) is 6.42 Å². The first kappa shape index (κ1) is 13.5. The van der Waals surface area contributed by atoms with E-state index >= 15 is 0 Å². The van der Waals surface area contributed by atoms with Gasteiger partial charge in [-0.2, -0.15) is 5.10 Å². The molecule has 1 aromatic heterocycles. The Balaban J connectivity index is 2.62. The highest BCUT2D eigenvalue weighted by Crippen LogP contribution is 2.12. The molecule has 0 spiro atoms. The SMILES string of the molecule is COCCCNC(=O)c1cc(N)nn1C(C)C. The lowest BCUT2D eigenvalue weighted by atomic mass is 10.3. The Morgan fingerprint density at radius 3 is 2.94 bits per heavy atom. The third-order valence-electron chi connectivity index (χ3n) is 2.29. The molecule has 1 amide bonds. The van der Waals surface area contributed by atoms with Gasteiger partial charge in [-0.05, 0) is 20.3 Å². The zero-order valence-corrected chi connectivity index (χ0v) is 10.6. The molecule has 0 aliphatic heterocycles. The number of carbonyl (C=O) groups is 1. The number of carbonyl (C=O) groups excluding carboxylic acids is 1. The number of hydrogen-bond donors (Lipinski definition) is 2. The largest absolute Gasteiger partial charge is 0.385 e. The van der Waals surface area contributed by atoms with Crippen molar-refractivity contribution >= 4 is 11.7 Å². The Labute approximate surface area is 101 Å². The second-order valence-corrected chi connectivity index (χ2v) is 4.10. The molecule has 0 aliphatic rings. The van der Waals surface area contributed by atoms with Crippen LogP contribution >= 0.6 is 0 Å². The van der Waals surface area contributed by atoms with Gasteiger partial charge in [0.1, 0.15) is 11.5 Å². The van der Waals surface area contributed by atoms with Gasteiger partial charge in [0.2, 0.25) is 0 Å². The van der Waals surface area contributed by atoms with Crippen LogP contribution in [0, 0.1) is 0 Å². The molecule has 6 heteroatoms. The fourth-order valence-electron chi connectivity index (χ4n) is 1.49. The van der Waals surface area contributed by atoms with Crippen LogP contribution in [0.15, 0.2) is 6.07 Å². The summed E-state index contributed by atoms with van der Waals surface area (Å²) in [5, 5.41) is 6.89. The van der Waals surface area contributed by atoms with Crippen LogP contribution in [0.4, 0.5) is 5.82 Å². The Morgan fingerprint density at radius 1 is 1.65 bits per heavy atom. The molecule has 0 aliphatic carbocycles. The van der Waals surface area contributed by atoms with E-state index in [2.05, 4.69) is 10.4 Å². The fourth-order valence-corrected chi connectivity index (χ4v) is 1.49. The van der Waals surface area contributed by atoms with Crippen molar-refractivity contribution in [2.75, 3.05) is 26.0 Å². The Hall–Kier alpha value is -1.56. The average molecular weight is 240 g/mol. The molecular weight excluding hydrogens is 220 g/mol. The summed E-state index contributed by atoms with van der Waals surface area (Å²) >= 11 is 0. The first-order valence-electron chi connectivity index (χ1n) is 5.68. The first-order chi connectivity index (χ1) is 8.06. The number of methoxy groups -OCH3 is 1. The van der Waals surface area contributed by atoms with Crippen molar-refractivity contribution in [1.82, 2.24) is 15.1 Å². The summed E-state index contributed by atoms with van der Waals surface area (Å²) in [6.45, 7) is 5.12. The van der Waals surface area contributed by atoms with Crippen LogP contribution in [0.2, 0.25) is 0 Å². The number of nitrogens with one attached hydrogen (secondary N) is 1. The van der Waals surface area contributed by atoms with Gasteiger partial charge in [0.05, 0.1) is 0 Å². The minimum Gasteiger partial charge on any atom is -0.385 e. The number of nitrogens with two attached hydrogens (primary N) is 1. The van der Waals surface area contributed by atoms with Crippen LogP contribution in [0.3, 0.4) is 0 Å². The van der Waals surface area contributed by atoms with E-state index in [1.54, 1.807) is 17.9 Å². The monoisotopic (exact) mass is 240 g/mol. The fraction of sp³-hybridized carbons (Fsp3) is 0.636. The topological polar surface area (TPSA) is 82.2 Å². The van der Waals surface area contributed by atoms with Crippen molar-refractivity contribution in [1.29, 1.82) is 0 Å². The molecule has 6 nitrogen and oxygen atoms in total. The van der Waals surface area contributed by atoms with Crippen LogP contribution in [0.1, 0.15) is 36.8 Å². The molecule has 0 saturated heterocycles. The summed E-state index contributed by atoms with van der Waals surface area (Å²) in [5.41, 5.74) is 6.09. The highest BCUT2D eigenvalue weighted by Gasteiger charge is 2.15. The summed E-state index contributed by atoms with van der Waals surface area (Å²) in [7, 11) is 1.64. The summed E-state index contributed by atoms with van der Waals surface area (Å²) in [6, 6.07) is 1.69. The molecule has 1 heterocycles. The first-order valence-corrected chi connectivity index (χ1v) is 5.68. The van der Waals surface area contributed by atoms with Gasteiger partial charge in [-0.3, -0.25) is 9.48 Å². The van der Waals surface area contributed by atoms with Gasteiger partial charge in [0.15, 0.2) is 0 Å². The summed E-state index contributed by atoms with van der Waals surface area (Å²) in [5.74, 6) is 0.208. The van der Waals surface area contributed by atoms with Crippen LogP contribution < -0.4 is 11.1 Å². The number of rotatable bonds is 6. The molecule has 0 saturated carbocycles. The minimum atomic E-state index is -0.154. The van der Waals surface area contributed by atoms with E-state index in [9.17, 15) is 4.79 Å². The highest BCUT2D eigenvalue weighted by molar-refractivity contribution is 5.93. The predicted octanol–water partition coefficient (Wildman–Crippen LogP) is 0.812. The van der Waals surface area contributed by atoms with Gasteiger partial charge in [-0.15, -0.1) is 0 Å². The normalized spacial score (nSPS) is 10.8. The average Bonchev–Trinajstić information content (AvgIpc) is 2.66. The lowest BCUT2D eigenvalue weighted by Gasteiger charge is -2.10. The number of amides is 1. The highest BCUT2D eigenvalue weighted by atomic mass is 16.5. The van der Waals surface area contributed by atoms with Crippen LogP contribution in [-0.4, -0.2) is 35.9 Å². The van der Waals surface area contributed by atoms with E-state index in [0.29, 0.717) is 24.7 Å². The number of hydrogen-bond acceptors (Lipinski definition) is 4. The number of nitrogens with zero attached hydrogens (tertiary/aromatic N) is 2. The Kier molecular flexibility index (Phi) is 4.96. The van der Waals surface area contributed by atoms with Gasteiger partial charge < -0.3 is 15.8 Å². The molecule has 0 fully saturated rings. The molecular formula is C11H20N4O2. The number of nitrogen functional groups attached to an aromatic ring is 1. The van der Waals surface area contributed by atoms with Gasteiger partial charge in [-0.1, -0.05) is 0 Å². The molecule has 0 atom stereocenters. The molecule has 0 radical (unpaired) electrons. The quantitative estimate of drug-likeness (QED) is 0.721. The standard InChI is InChI=1S/C11H20N4O2/c1-8(2)15-9(7-10(12)14-15)11(16)13-5-4-6-17-3/h7-8H,4-6H2,1-3H3,(H2,12,14)(H,13,16). The second-order valence-electron chi connectivity index (χ2n) is 4.10. The van der Waals surface area contributed by atoms with Crippen molar-refractivity contribution in [3.05, 3.63) is 11.8 Å². The zero-order valence-electron chi connectivity index (χ0n) is 10.6. The number of ether oxygens (including phenoxy) is 1. The Morgan fingerprint density at radius 2 is 2.35 bits per heavy atom. The van der Waals surface area contributed by atoms with Gasteiger partial charge in [-0.25, -0.2) is 0 Å². The molecule has 0 aromatic carbocycles. The molecule has 1 rings (SSSR count). The smallest absolute Gasteiger partial charge is 0.269 e. The van der Waals surface area contributed by atoms with Gasteiger partial charge in [0.25, 0.3) is 5.91 Å². The predicted molar refractivity (Wildman–Crippen MR) is 65.9 cm³/mol. The molecule has 96 valence electrons. The molecule has 1 aromatic rings. The maximum atomic E-state index is 11.9. The molecule has 3 N–H and O–H groups in total. The molecule has 0 bridgehead atoms. The van der Waals surface area contributed by atoms with Crippen molar-refractivity contribution in [3.63, 3.8) is 0 Å². The maximum Gasteiger partial charge on any atom is 0.269 e. The van der Waals surface area contributed by atoms with Crippen molar-refractivity contribution < 1.29 is 9.53 Å². The second kappa shape index (κ2) is 6.24. The van der Waals surface area contributed by atoms with E-state index in [4.69, 9.17) is 10.5 Å². The van der Waals surface area contributed by atoms with Crippen molar-refractivity contribution in [3.8, 4) is 0 Å². The van der Waals surface area contributed by atoms with Gasteiger partial charge in [0, 0.05) is 32.4 Å². The van der Waals surface area contributed by atoms with Crippen LogP contribution in [-0.2, 0) is 4.74 Å². The van der Waals surface area contributed by atoms with Gasteiger partial charge >= 0.3 is 0 Å². The Bertz CT molecular complexity index is 374. The maximum absolute atomic E-state index is 11.9. The number of anilines is 1. The zero-order chi connectivity index (χ0) is 12.8. The van der Waals surface area contributed by atoms with Crippen molar-refractivity contribution in [2.24, 2.45) is 0 Å². The van der Waals surface area contributed by atoms with E-state index in [1.165, 1.54) is 0 Å². The minimum absolute atomic E-state index is 0.104. The summed E-state index contributed by atoms with van der Waals surface area (Å²) in [6.07, 6.45) is 0.785. The third-order valence-corrected chi connectivity index (χ3v) is 2.29. The summed E-state index contributed by atoms with van der Waals surface area (Å²) < 4.78 is 6.53. The number of aromatic nitrogens is 2. The van der Waals surface area contributed by atoms with E-state index in [-0.39, 0.29) is 11.9 Å². The van der Waals surface area contributed by atoms with Crippen LogP contribution in [0.5, 0.6) is 0 Å². The lowest BCUT2D eigenvalue weighted by Crippen LogP contribution is -2.28. The summed E-state index contributed by atoms with van der Waals surface area (Å²) in [4.78, 5) is 11.9. The van der Waals surface area contributed by atoms with E-state index < -0.39 is 0 Å². The van der Waals surface area contributed by atoms with E-state index in [1.807, 2.05) is 13.8 Å². The lowest BCUT2D eigenvalue weighted by molar-refractivity contribution is 0.0936.